The Morgan fingerprint density at radius 2 is 2.00 bits per heavy atom. The fraction of sp³-hybridized carbons (Fsp3) is 0.235. The van der Waals surface area contributed by atoms with Gasteiger partial charge in [-0.05, 0) is 37.6 Å². The fourth-order valence-corrected chi connectivity index (χ4v) is 2.63. The van der Waals surface area contributed by atoms with Gasteiger partial charge in [0.15, 0.2) is 0 Å². The second-order valence-corrected chi connectivity index (χ2v) is 5.15. The number of ether oxygens (including phenoxy) is 1. The summed E-state index contributed by atoms with van der Waals surface area (Å²) < 4.78 is 5.74. The van der Waals surface area contributed by atoms with Crippen molar-refractivity contribution in [1.29, 1.82) is 0 Å². The third kappa shape index (κ3) is 2.57. The van der Waals surface area contributed by atoms with Crippen LogP contribution in [0.4, 0.5) is 11.4 Å². The predicted octanol–water partition coefficient (Wildman–Crippen LogP) is 3.61. The number of aryl methyl sites for hydroxylation is 1. The zero-order valence-corrected chi connectivity index (χ0v) is 11.9. The highest BCUT2D eigenvalue weighted by atomic mass is 16.5. The average molecular weight is 283 g/mol. The molecule has 0 bridgehead atoms. The topological polar surface area (TPSA) is 49.8 Å². The molecule has 1 N–H and O–H groups in total. The van der Waals surface area contributed by atoms with Crippen LogP contribution in [-0.4, -0.2) is 24.2 Å². The van der Waals surface area contributed by atoms with Gasteiger partial charge in [-0.25, -0.2) is 4.79 Å². The quantitative estimate of drug-likeness (QED) is 0.914. The second kappa shape index (κ2) is 5.48. The van der Waals surface area contributed by atoms with Crippen molar-refractivity contribution in [1.82, 2.24) is 0 Å². The summed E-state index contributed by atoms with van der Waals surface area (Å²) in [5.74, 6) is -0.108. The van der Waals surface area contributed by atoms with E-state index in [0.29, 0.717) is 17.9 Å². The first-order valence-corrected chi connectivity index (χ1v) is 7.00. The maximum Gasteiger partial charge on any atom is 0.337 e. The van der Waals surface area contributed by atoms with Crippen molar-refractivity contribution >= 4 is 17.3 Å². The largest absolute Gasteiger partial charge is 0.491 e. The molecule has 0 spiro atoms. The Labute approximate surface area is 123 Å². The molecule has 0 fully saturated rings. The van der Waals surface area contributed by atoms with Crippen molar-refractivity contribution in [3.63, 3.8) is 0 Å². The highest BCUT2D eigenvalue weighted by molar-refractivity contribution is 5.96. The van der Waals surface area contributed by atoms with Crippen molar-refractivity contribution in [2.45, 2.75) is 13.3 Å². The van der Waals surface area contributed by atoms with Crippen LogP contribution in [0.2, 0.25) is 0 Å². The predicted molar refractivity (Wildman–Crippen MR) is 81.7 cm³/mol. The van der Waals surface area contributed by atoms with E-state index >= 15 is 0 Å². The van der Waals surface area contributed by atoms with Crippen molar-refractivity contribution in [2.24, 2.45) is 0 Å². The summed E-state index contributed by atoms with van der Waals surface area (Å²) in [4.78, 5) is 13.6. The lowest BCUT2D eigenvalue weighted by molar-refractivity contribution is 0.0697. The van der Waals surface area contributed by atoms with E-state index in [0.717, 1.165) is 30.0 Å². The molecule has 1 heterocycles. The standard InChI is InChI=1S/C17H17NO3/c1-12-7-8-14(13(11-12)17(19)20)18-9-4-10-21-16-6-3-2-5-15(16)18/h2-3,5-8,11H,4,9-10H2,1H3,(H,19,20). The first-order chi connectivity index (χ1) is 10.2. The molecule has 0 saturated heterocycles. The summed E-state index contributed by atoms with van der Waals surface area (Å²) in [6.07, 6.45) is 0.849. The molecule has 4 heteroatoms. The zero-order chi connectivity index (χ0) is 14.8. The van der Waals surface area contributed by atoms with Gasteiger partial charge in [-0.15, -0.1) is 0 Å². The molecule has 2 aromatic rings. The first-order valence-electron chi connectivity index (χ1n) is 7.00. The molecule has 21 heavy (non-hydrogen) atoms. The molecule has 0 atom stereocenters. The molecule has 0 unspecified atom stereocenters. The number of carbonyl (C=O) groups is 1. The Balaban J connectivity index is 2.14. The second-order valence-electron chi connectivity index (χ2n) is 5.15. The van der Waals surface area contributed by atoms with Crippen LogP contribution in [0.5, 0.6) is 5.75 Å². The molecule has 0 amide bonds. The summed E-state index contributed by atoms with van der Waals surface area (Å²) >= 11 is 0. The number of benzene rings is 2. The monoisotopic (exact) mass is 283 g/mol. The Morgan fingerprint density at radius 1 is 1.19 bits per heavy atom. The van der Waals surface area contributed by atoms with E-state index in [4.69, 9.17) is 4.74 Å². The molecule has 108 valence electrons. The maximum absolute atomic E-state index is 11.6. The number of hydrogen-bond acceptors (Lipinski definition) is 3. The number of hydrogen-bond donors (Lipinski definition) is 1. The number of nitrogens with zero attached hydrogens (tertiary/aromatic N) is 1. The highest BCUT2D eigenvalue weighted by Gasteiger charge is 2.22. The van der Waals surface area contributed by atoms with Crippen molar-refractivity contribution in [3.8, 4) is 5.75 Å². The molecule has 0 saturated carbocycles. The molecule has 1 aliphatic rings. The van der Waals surface area contributed by atoms with Gasteiger partial charge in [-0.1, -0.05) is 23.8 Å². The molecular formula is C17H17NO3. The van der Waals surface area contributed by atoms with Crippen LogP contribution in [0, 0.1) is 6.92 Å². The zero-order valence-electron chi connectivity index (χ0n) is 11.9. The molecule has 0 radical (unpaired) electrons. The van der Waals surface area contributed by atoms with Gasteiger partial charge in [-0.3, -0.25) is 0 Å². The lowest BCUT2D eigenvalue weighted by Crippen LogP contribution is -2.20. The summed E-state index contributed by atoms with van der Waals surface area (Å²) in [6.45, 7) is 3.28. The number of para-hydroxylation sites is 2. The van der Waals surface area contributed by atoms with Crippen molar-refractivity contribution in [2.75, 3.05) is 18.1 Å². The number of anilines is 2. The third-order valence-corrected chi connectivity index (χ3v) is 3.61. The normalized spacial score (nSPS) is 14.0. The van der Waals surface area contributed by atoms with Gasteiger partial charge < -0.3 is 14.7 Å². The van der Waals surface area contributed by atoms with E-state index in [-0.39, 0.29) is 0 Å². The molecule has 3 rings (SSSR count). The Morgan fingerprint density at radius 3 is 2.81 bits per heavy atom. The van der Waals surface area contributed by atoms with Crippen LogP contribution in [0.3, 0.4) is 0 Å². The van der Waals surface area contributed by atoms with E-state index in [9.17, 15) is 9.90 Å². The minimum atomic E-state index is -0.906. The minimum absolute atomic E-state index is 0.326. The Hall–Kier alpha value is -2.49. The van der Waals surface area contributed by atoms with Gasteiger partial charge in [0, 0.05) is 6.54 Å². The molecular weight excluding hydrogens is 266 g/mol. The van der Waals surface area contributed by atoms with Crippen LogP contribution in [-0.2, 0) is 0 Å². The van der Waals surface area contributed by atoms with E-state index < -0.39 is 5.97 Å². The van der Waals surface area contributed by atoms with Crippen LogP contribution in [0.25, 0.3) is 0 Å². The fourth-order valence-electron chi connectivity index (χ4n) is 2.63. The lowest BCUT2D eigenvalue weighted by Gasteiger charge is -2.25. The van der Waals surface area contributed by atoms with Gasteiger partial charge in [0.1, 0.15) is 5.75 Å². The van der Waals surface area contributed by atoms with Gasteiger partial charge in [0.2, 0.25) is 0 Å². The number of rotatable bonds is 2. The number of carboxylic acids is 1. The van der Waals surface area contributed by atoms with Gasteiger partial charge in [-0.2, -0.15) is 0 Å². The minimum Gasteiger partial charge on any atom is -0.491 e. The van der Waals surface area contributed by atoms with Crippen molar-refractivity contribution in [3.05, 3.63) is 53.6 Å². The molecule has 0 aliphatic carbocycles. The first kappa shape index (κ1) is 13.5. The average Bonchev–Trinajstić information content (AvgIpc) is 2.69. The van der Waals surface area contributed by atoms with Gasteiger partial charge in [0.05, 0.1) is 23.5 Å². The SMILES string of the molecule is Cc1ccc(N2CCCOc3ccccc32)c(C(=O)O)c1. The molecule has 4 nitrogen and oxygen atoms in total. The summed E-state index contributed by atoms with van der Waals surface area (Å²) in [7, 11) is 0. The lowest BCUT2D eigenvalue weighted by atomic mass is 10.1. The summed E-state index contributed by atoms with van der Waals surface area (Å²) in [5, 5.41) is 9.48. The third-order valence-electron chi connectivity index (χ3n) is 3.61. The van der Waals surface area contributed by atoms with E-state index in [2.05, 4.69) is 0 Å². The van der Waals surface area contributed by atoms with E-state index in [1.54, 1.807) is 6.07 Å². The van der Waals surface area contributed by atoms with E-state index in [1.165, 1.54) is 0 Å². The summed E-state index contributed by atoms with van der Waals surface area (Å²) in [6, 6.07) is 13.3. The molecule has 0 aromatic heterocycles. The van der Waals surface area contributed by atoms with Crippen LogP contribution in [0.1, 0.15) is 22.3 Å². The van der Waals surface area contributed by atoms with Crippen LogP contribution < -0.4 is 9.64 Å². The maximum atomic E-state index is 11.6. The molecule has 1 aliphatic heterocycles. The van der Waals surface area contributed by atoms with Crippen molar-refractivity contribution < 1.29 is 14.6 Å². The van der Waals surface area contributed by atoms with E-state index in [1.807, 2.05) is 48.2 Å². The van der Waals surface area contributed by atoms with Gasteiger partial charge in [0.25, 0.3) is 0 Å². The van der Waals surface area contributed by atoms with Crippen LogP contribution >= 0.6 is 0 Å². The summed E-state index contributed by atoms with van der Waals surface area (Å²) in [5.41, 5.74) is 2.90. The number of aromatic carboxylic acids is 1. The van der Waals surface area contributed by atoms with Crippen LogP contribution in [0.15, 0.2) is 42.5 Å². The number of carboxylic acid groups (broad SMARTS) is 1. The Bertz CT molecular complexity index is 681. The highest BCUT2D eigenvalue weighted by Crippen LogP contribution is 2.37. The van der Waals surface area contributed by atoms with Gasteiger partial charge >= 0.3 is 5.97 Å². The smallest absolute Gasteiger partial charge is 0.337 e. The Kier molecular flexibility index (Phi) is 3.52. The number of fused-ring (bicyclic) bond motifs is 1. The molecule has 2 aromatic carbocycles.